The largest absolute Gasteiger partial charge is 0.399 e. The van der Waals surface area contributed by atoms with Gasteiger partial charge in [-0.1, -0.05) is 0 Å². The van der Waals surface area contributed by atoms with E-state index in [9.17, 15) is 4.79 Å². The lowest BCUT2D eigenvalue weighted by atomic mass is 10.1. The van der Waals surface area contributed by atoms with Crippen molar-refractivity contribution in [3.05, 3.63) is 29.8 Å². The number of anilines is 1. The van der Waals surface area contributed by atoms with Gasteiger partial charge in [0.05, 0.1) is 0 Å². The molecule has 0 saturated carbocycles. The minimum Gasteiger partial charge on any atom is -0.399 e. The number of rotatable bonds is 5. The van der Waals surface area contributed by atoms with Gasteiger partial charge in [-0.3, -0.25) is 9.69 Å². The van der Waals surface area contributed by atoms with Crippen molar-refractivity contribution in [1.82, 2.24) is 9.80 Å². The predicted octanol–water partition coefficient (Wildman–Crippen LogP) is 1.06. The molecule has 5 heteroatoms. The first-order chi connectivity index (χ1) is 9.70. The highest BCUT2D eigenvalue weighted by Gasteiger charge is 2.21. The van der Waals surface area contributed by atoms with E-state index >= 15 is 0 Å². The van der Waals surface area contributed by atoms with Crippen LogP contribution in [-0.4, -0.2) is 62.1 Å². The summed E-state index contributed by atoms with van der Waals surface area (Å²) >= 11 is 0. The van der Waals surface area contributed by atoms with E-state index < -0.39 is 0 Å². The number of hydrogen-bond acceptors (Lipinski definition) is 4. The molecule has 0 bridgehead atoms. The summed E-state index contributed by atoms with van der Waals surface area (Å²) in [5.74, 6) is 0.0986. The average Bonchev–Trinajstić information content (AvgIpc) is 2.48. The van der Waals surface area contributed by atoms with Crippen molar-refractivity contribution >= 4 is 11.6 Å². The van der Waals surface area contributed by atoms with Crippen LogP contribution in [0.1, 0.15) is 16.8 Å². The second kappa shape index (κ2) is 7.26. The zero-order chi connectivity index (χ0) is 14.4. The normalized spacial score (nSPS) is 16.4. The maximum Gasteiger partial charge on any atom is 0.253 e. The quantitative estimate of drug-likeness (QED) is 0.646. The van der Waals surface area contributed by atoms with Crippen molar-refractivity contribution in [3.8, 4) is 0 Å². The first-order valence-corrected chi connectivity index (χ1v) is 7.07. The number of hydrogen-bond donors (Lipinski definition) is 1. The van der Waals surface area contributed by atoms with Gasteiger partial charge >= 0.3 is 0 Å². The molecule has 1 aliphatic heterocycles. The first-order valence-electron chi connectivity index (χ1n) is 7.07. The predicted molar refractivity (Wildman–Crippen MR) is 79.7 cm³/mol. The number of piperazine rings is 1. The van der Waals surface area contributed by atoms with Crippen LogP contribution in [0.4, 0.5) is 5.69 Å². The number of nitrogens with two attached hydrogens (primary N) is 1. The molecule has 1 aromatic rings. The molecule has 0 spiro atoms. The molecule has 110 valence electrons. The monoisotopic (exact) mass is 277 g/mol. The van der Waals surface area contributed by atoms with Crippen molar-refractivity contribution in [2.75, 3.05) is 52.2 Å². The molecule has 0 aliphatic carbocycles. The summed E-state index contributed by atoms with van der Waals surface area (Å²) in [5.41, 5.74) is 7.04. The molecule has 1 heterocycles. The fourth-order valence-corrected chi connectivity index (χ4v) is 2.42. The number of nitrogen functional groups attached to an aromatic ring is 1. The summed E-state index contributed by atoms with van der Waals surface area (Å²) in [6, 6.07) is 7.13. The molecule has 2 N–H and O–H groups in total. The zero-order valence-corrected chi connectivity index (χ0v) is 12.0. The second-order valence-electron chi connectivity index (χ2n) is 5.10. The Kier molecular flexibility index (Phi) is 5.38. The maximum absolute atomic E-state index is 12.3. The van der Waals surface area contributed by atoms with Crippen molar-refractivity contribution in [3.63, 3.8) is 0 Å². The summed E-state index contributed by atoms with van der Waals surface area (Å²) in [4.78, 5) is 16.6. The fraction of sp³-hybridized carbons (Fsp3) is 0.533. The number of nitrogens with zero attached hydrogens (tertiary/aromatic N) is 2. The summed E-state index contributed by atoms with van der Waals surface area (Å²) < 4.78 is 5.06. The Balaban J connectivity index is 1.81. The lowest BCUT2D eigenvalue weighted by molar-refractivity contribution is 0.0624. The molecule has 1 saturated heterocycles. The van der Waals surface area contributed by atoms with Crippen LogP contribution in [0.15, 0.2) is 24.3 Å². The van der Waals surface area contributed by atoms with Gasteiger partial charge in [-0.05, 0) is 30.7 Å². The lowest BCUT2D eigenvalue weighted by Gasteiger charge is -2.34. The topological polar surface area (TPSA) is 58.8 Å². The average molecular weight is 277 g/mol. The summed E-state index contributed by atoms with van der Waals surface area (Å²) in [7, 11) is 1.73. The van der Waals surface area contributed by atoms with Gasteiger partial charge in [0.15, 0.2) is 0 Å². The van der Waals surface area contributed by atoms with Crippen molar-refractivity contribution < 1.29 is 9.53 Å². The third-order valence-corrected chi connectivity index (χ3v) is 3.64. The smallest absolute Gasteiger partial charge is 0.253 e. The lowest BCUT2D eigenvalue weighted by Crippen LogP contribution is -2.48. The van der Waals surface area contributed by atoms with Crippen LogP contribution in [0.3, 0.4) is 0 Å². The number of ether oxygens (including phenoxy) is 1. The van der Waals surface area contributed by atoms with Crippen molar-refractivity contribution in [2.24, 2.45) is 0 Å². The highest BCUT2D eigenvalue weighted by Crippen LogP contribution is 2.11. The third kappa shape index (κ3) is 3.95. The van der Waals surface area contributed by atoms with Crippen molar-refractivity contribution in [1.29, 1.82) is 0 Å². The molecule has 0 radical (unpaired) electrons. The molecule has 20 heavy (non-hydrogen) atoms. The molecule has 2 rings (SSSR count). The van der Waals surface area contributed by atoms with Gasteiger partial charge in [0.1, 0.15) is 0 Å². The van der Waals surface area contributed by atoms with Gasteiger partial charge in [0.25, 0.3) is 5.91 Å². The van der Waals surface area contributed by atoms with Crippen LogP contribution in [0.5, 0.6) is 0 Å². The van der Waals surface area contributed by atoms with Crippen LogP contribution in [-0.2, 0) is 4.74 Å². The highest BCUT2D eigenvalue weighted by molar-refractivity contribution is 5.94. The fourth-order valence-electron chi connectivity index (χ4n) is 2.42. The van der Waals surface area contributed by atoms with Gasteiger partial charge in [-0.15, -0.1) is 0 Å². The van der Waals surface area contributed by atoms with Gasteiger partial charge in [0, 0.05) is 57.7 Å². The van der Waals surface area contributed by atoms with E-state index in [4.69, 9.17) is 10.5 Å². The Hall–Kier alpha value is -1.59. The molecular formula is C15H23N3O2. The summed E-state index contributed by atoms with van der Waals surface area (Å²) in [6.07, 6.45) is 1.04. The van der Waals surface area contributed by atoms with Crippen LogP contribution in [0.25, 0.3) is 0 Å². The van der Waals surface area contributed by atoms with E-state index in [1.54, 1.807) is 31.4 Å². The molecular weight excluding hydrogens is 254 g/mol. The van der Waals surface area contributed by atoms with Gasteiger partial charge in [0.2, 0.25) is 0 Å². The standard InChI is InChI=1S/C15H23N3O2/c1-20-12-2-7-17-8-10-18(11-9-17)15(19)13-3-5-14(16)6-4-13/h3-6H,2,7-12,16H2,1H3. The molecule has 1 aromatic carbocycles. The highest BCUT2D eigenvalue weighted by atomic mass is 16.5. The molecule has 0 unspecified atom stereocenters. The van der Waals surface area contributed by atoms with E-state index in [2.05, 4.69) is 4.90 Å². The van der Waals surface area contributed by atoms with E-state index in [0.717, 1.165) is 45.8 Å². The first kappa shape index (κ1) is 14.8. The number of methoxy groups -OCH3 is 1. The number of carbonyl (C=O) groups excluding carboxylic acids is 1. The molecule has 5 nitrogen and oxygen atoms in total. The Bertz CT molecular complexity index is 425. The number of carbonyl (C=O) groups is 1. The van der Waals surface area contributed by atoms with Crippen LogP contribution in [0, 0.1) is 0 Å². The van der Waals surface area contributed by atoms with E-state index in [1.807, 2.05) is 4.90 Å². The second-order valence-corrected chi connectivity index (χ2v) is 5.10. The van der Waals surface area contributed by atoms with E-state index in [0.29, 0.717) is 11.3 Å². The van der Waals surface area contributed by atoms with Gasteiger partial charge in [-0.2, -0.15) is 0 Å². The van der Waals surface area contributed by atoms with E-state index in [-0.39, 0.29) is 5.91 Å². The van der Waals surface area contributed by atoms with Gasteiger partial charge < -0.3 is 15.4 Å². The molecule has 1 aliphatic rings. The van der Waals surface area contributed by atoms with Crippen molar-refractivity contribution in [2.45, 2.75) is 6.42 Å². The minimum absolute atomic E-state index is 0.0986. The van der Waals surface area contributed by atoms with E-state index in [1.165, 1.54) is 0 Å². The number of amides is 1. The molecule has 1 fully saturated rings. The Morgan fingerprint density at radius 1 is 1.20 bits per heavy atom. The number of benzene rings is 1. The van der Waals surface area contributed by atoms with Crippen LogP contribution >= 0.6 is 0 Å². The SMILES string of the molecule is COCCCN1CCN(C(=O)c2ccc(N)cc2)CC1. The summed E-state index contributed by atoms with van der Waals surface area (Å²) in [5, 5.41) is 0. The maximum atomic E-state index is 12.3. The Labute approximate surface area is 120 Å². The Morgan fingerprint density at radius 2 is 1.85 bits per heavy atom. The summed E-state index contributed by atoms with van der Waals surface area (Å²) in [6.45, 7) is 5.28. The zero-order valence-electron chi connectivity index (χ0n) is 12.0. The molecule has 0 aromatic heterocycles. The minimum atomic E-state index is 0.0986. The van der Waals surface area contributed by atoms with Crippen LogP contribution in [0.2, 0.25) is 0 Å². The Morgan fingerprint density at radius 3 is 2.45 bits per heavy atom. The molecule has 0 atom stereocenters. The van der Waals surface area contributed by atoms with Gasteiger partial charge in [-0.25, -0.2) is 0 Å². The van der Waals surface area contributed by atoms with Crippen LogP contribution < -0.4 is 5.73 Å². The third-order valence-electron chi connectivity index (χ3n) is 3.64. The molecule has 1 amide bonds.